The molecule has 0 spiro atoms. The molecule has 0 fully saturated rings. The Morgan fingerprint density at radius 2 is 2.16 bits per heavy atom. The minimum atomic E-state index is -0.0222. The molecule has 98 valence electrons. The van der Waals surface area contributed by atoms with Gasteiger partial charge in [-0.25, -0.2) is 0 Å². The molecule has 4 heteroatoms. The second kappa shape index (κ2) is 4.99. The van der Waals surface area contributed by atoms with Gasteiger partial charge in [-0.3, -0.25) is 16.3 Å². The largest absolute Gasteiger partial charge is 0.495 e. The second-order valence-electron chi connectivity index (χ2n) is 4.74. The molecule has 0 radical (unpaired) electrons. The monoisotopic (exact) mass is 255 g/mol. The van der Waals surface area contributed by atoms with E-state index >= 15 is 0 Å². The van der Waals surface area contributed by atoms with Crippen LogP contribution in [-0.2, 0) is 6.42 Å². The molecule has 4 nitrogen and oxygen atoms in total. The fourth-order valence-electron chi connectivity index (χ4n) is 2.79. The molecule has 3 rings (SSSR count). The lowest BCUT2D eigenvalue weighted by Gasteiger charge is -2.36. The number of hydrogen-bond acceptors (Lipinski definition) is 4. The van der Waals surface area contributed by atoms with E-state index in [1.165, 1.54) is 11.1 Å². The summed E-state index contributed by atoms with van der Waals surface area (Å²) in [5.74, 6) is 6.88. The van der Waals surface area contributed by atoms with Crippen LogP contribution in [-0.4, -0.2) is 12.1 Å². The van der Waals surface area contributed by atoms with Crippen molar-refractivity contribution in [2.75, 3.05) is 7.11 Å². The van der Waals surface area contributed by atoms with E-state index in [-0.39, 0.29) is 6.04 Å². The Hall–Kier alpha value is -1.91. The number of methoxy groups -OCH3 is 1. The van der Waals surface area contributed by atoms with E-state index < -0.39 is 0 Å². The van der Waals surface area contributed by atoms with Gasteiger partial charge in [0, 0.05) is 12.1 Å². The molecular weight excluding hydrogens is 238 g/mol. The minimum Gasteiger partial charge on any atom is -0.495 e. The fourth-order valence-corrected chi connectivity index (χ4v) is 2.79. The summed E-state index contributed by atoms with van der Waals surface area (Å²) in [7, 11) is 1.66. The van der Waals surface area contributed by atoms with Gasteiger partial charge >= 0.3 is 0 Å². The van der Waals surface area contributed by atoms with E-state index in [1.54, 1.807) is 13.3 Å². The molecule has 1 aliphatic carbocycles. The fraction of sp³-hybridized carbons (Fsp3) is 0.267. The SMILES string of the molecule is COc1cccnc1C(NN)C1Cc2ccccc21. The number of benzene rings is 1. The molecule has 1 aromatic heterocycles. The number of ether oxygens (including phenoxy) is 1. The number of hydrogen-bond donors (Lipinski definition) is 2. The van der Waals surface area contributed by atoms with Crippen LogP contribution in [0.15, 0.2) is 42.6 Å². The average molecular weight is 255 g/mol. The van der Waals surface area contributed by atoms with Crippen LogP contribution in [0.25, 0.3) is 0 Å². The molecule has 0 bridgehead atoms. The highest BCUT2D eigenvalue weighted by Crippen LogP contribution is 2.44. The second-order valence-corrected chi connectivity index (χ2v) is 4.74. The highest BCUT2D eigenvalue weighted by Gasteiger charge is 2.35. The predicted octanol–water partition coefficient (Wildman–Crippen LogP) is 1.93. The van der Waals surface area contributed by atoms with Gasteiger partial charge in [0.15, 0.2) is 0 Å². The number of aromatic nitrogens is 1. The molecule has 0 aliphatic heterocycles. The molecule has 0 saturated heterocycles. The van der Waals surface area contributed by atoms with Crippen LogP contribution < -0.4 is 16.0 Å². The number of hydrazine groups is 1. The normalized spacial score (nSPS) is 18.3. The van der Waals surface area contributed by atoms with Gasteiger partial charge in [0.05, 0.1) is 13.2 Å². The zero-order valence-electron chi connectivity index (χ0n) is 10.8. The van der Waals surface area contributed by atoms with Crippen molar-refractivity contribution < 1.29 is 4.74 Å². The first kappa shape index (κ1) is 12.1. The molecule has 1 heterocycles. The van der Waals surface area contributed by atoms with Crippen LogP contribution in [0.1, 0.15) is 28.8 Å². The maximum Gasteiger partial charge on any atom is 0.142 e. The maximum absolute atomic E-state index is 5.75. The van der Waals surface area contributed by atoms with Crippen LogP contribution in [0.5, 0.6) is 5.75 Å². The molecule has 2 unspecified atom stereocenters. The summed E-state index contributed by atoms with van der Waals surface area (Å²) in [6.45, 7) is 0. The summed E-state index contributed by atoms with van der Waals surface area (Å²) in [4.78, 5) is 4.43. The number of fused-ring (bicyclic) bond motifs is 1. The summed E-state index contributed by atoms with van der Waals surface area (Å²) in [6.07, 6.45) is 2.79. The first-order valence-electron chi connectivity index (χ1n) is 6.38. The summed E-state index contributed by atoms with van der Waals surface area (Å²) in [5.41, 5.74) is 6.50. The van der Waals surface area contributed by atoms with Crippen molar-refractivity contribution in [2.24, 2.45) is 5.84 Å². The summed E-state index contributed by atoms with van der Waals surface area (Å²) in [5, 5.41) is 0. The van der Waals surface area contributed by atoms with Crippen molar-refractivity contribution in [3.05, 3.63) is 59.4 Å². The highest BCUT2D eigenvalue weighted by atomic mass is 16.5. The van der Waals surface area contributed by atoms with Crippen molar-refractivity contribution in [3.8, 4) is 5.75 Å². The third-order valence-corrected chi connectivity index (χ3v) is 3.79. The average Bonchev–Trinajstić information content (AvgIpc) is 2.45. The van der Waals surface area contributed by atoms with Gasteiger partial charge in [-0.15, -0.1) is 0 Å². The van der Waals surface area contributed by atoms with Gasteiger partial charge < -0.3 is 4.74 Å². The minimum absolute atomic E-state index is 0.0222. The number of nitrogens with one attached hydrogen (secondary N) is 1. The molecule has 1 aromatic carbocycles. The van der Waals surface area contributed by atoms with Crippen LogP contribution in [0.4, 0.5) is 0 Å². The lowest BCUT2D eigenvalue weighted by molar-refractivity contribution is 0.366. The van der Waals surface area contributed by atoms with Crippen LogP contribution in [0.2, 0.25) is 0 Å². The van der Waals surface area contributed by atoms with E-state index in [2.05, 4.69) is 34.7 Å². The maximum atomic E-state index is 5.75. The molecular formula is C15H17N3O. The van der Waals surface area contributed by atoms with E-state index in [1.807, 2.05) is 12.1 Å². The van der Waals surface area contributed by atoms with Gasteiger partial charge in [-0.2, -0.15) is 0 Å². The lowest BCUT2D eigenvalue weighted by Crippen LogP contribution is -2.37. The topological polar surface area (TPSA) is 60.2 Å². The Bertz CT molecular complexity index is 585. The van der Waals surface area contributed by atoms with E-state index in [0.717, 1.165) is 17.9 Å². The van der Waals surface area contributed by atoms with Crippen molar-refractivity contribution in [2.45, 2.75) is 18.4 Å². The molecule has 0 amide bonds. The lowest BCUT2D eigenvalue weighted by atomic mass is 9.72. The van der Waals surface area contributed by atoms with Gasteiger partial charge in [0.25, 0.3) is 0 Å². The third-order valence-electron chi connectivity index (χ3n) is 3.79. The third kappa shape index (κ3) is 1.99. The smallest absolute Gasteiger partial charge is 0.142 e. The van der Waals surface area contributed by atoms with E-state index in [0.29, 0.717) is 5.92 Å². The number of nitrogens with zero attached hydrogens (tertiary/aromatic N) is 1. The zero-order valence-corrected chi connectivity index (χ0v) is 10.8. The molecule has 1 aliphatic rings. The molecule has 3 N–H and O–H groups in total. The summed E-state index contributed by atoms with van der Waals surface area (Å²) < 4.78 is 5.38. The first-order valence-corrected chi connectivity index (χ1v) is 6.38. The van der Waals surface area contributed by atoms with Crippen molar-refractivity contribution in [3.63, 3.8) is 0 Å². The zero-order chi connectivity index (χ0) is 13.2. The highest BCUT2D eigenvalue weighted by molar-refractivity contribution is 5.44. The molecule has 0 saturated carbocycles. The quantitative estimate of drug-likeness (QED) is 0.647. The Kier molecular flexibility index (Phi) is 3.19. The standard InChI is InChI=1S/C15H17N3O/c1-19-13-7-4-8-17-15(13)14(18-16)12-9-10-5-2-3-6-11(10)12/h2-8,12,14,18H,9,16H2,1H3. The number of pyridine rings is 1. The van der Waals surface area contributed by atoms with Gasteiger partial charge in [-0.1, -0.05) is 24.3 Å². The van der Waals surface area contributed by atoms with Gasteiger partial charge in [0.1, 0.15) is 11.4 Å². The predicted molar refractivity (Wildman–Crippen MR) is 73.7 cm³/mol. The number of nitrogens with two attached hydrogens (primary N) is 1. The van der Waals surface area contributed by atoms with E-state index in [4.69, 9.17) is 10.6 Å². The molecule has 2 aromatic rings. The number of rotatable bonds is 4. The van der Waals surface area contributed by atoms with Crippen molar-refractivity contribution in [1.82, 2.24) is 10.4 Å². The first-order chi connectivity index (χ1) is 9.35. The van der Waals surface area contributed by atoms with E-state index in [9.17, 15) is 0 Å². The van der Waals surface area contributed by atoms with Gasteiger partial charge in [-0.05, 0) is 29.7 Å². The Morgan fingerprint density at radius 3 is 2.89 bits per heavy atom. The molecule has 2 atom stereocenters. The van der Waals surface area contributed by atoms with Gasteiger partial charge in [0.2, 0.25) is 0 Å². The summed E-state index contributed by atoms with van der Waals surface area (Å²) >= 11 is 0. The summed E-state index contributed by atoms with van der Waals surface area (Å²) in [6, 6.07) is 12.2. The Morgan fingerprint density at radius 1 is 1.32 bits per heavy atom. The van der Waals surface area contributed by atoms with Crippen LogP contribution in [0, 0.1) is 0 Å². The van der Waals surface area contributed by atoms with Crippen LogP contribution in [0.3, 0.4) is 0 Å². The van der Waals surface area contributed by atoms with Crippen molar-refractivity contribution in [1.29, 1.82) is 0 Å². The van der Waals surface area contributed by atoms with Crippen LogP contribution >= 0.6 is 0 Å². The Labute approximate surface area is 112 Å². The van der Waals surface area contributed by atoms with Crippen molar-refractivity contribution >= 4 is 0 Å². The molecule has 19 heavy (non-hydrogen) atoms. The Balaban J connectivity index is 1.95.